The Morgan fingerprint density at radius 2 is 1.81 bits per heavy atom. The van der Waals surface area contributed by atoms with Gasteiger partial charge in [0.1, 0.15) is 0 Å². The van der Waals surface area contributed by atoms with Gasteiger partial charge in [0.25, 0.3) is 15.9 Å². The quantitative estimate of drug-likeness (QED) is 0.732. The molecule has 0 radical (unpaired) electrons. The van der Waals surface area contributed by atoms with Crippen molar-refractivity contribution in [3.05, 3.63) is 64.7 Å². The van der Waals surface area contributed by atoms with Gasteiger partial charge >= 0.3 is 6.18 Å². The molecule has 2 rings (SSSR count). The summed E-state index contributed by atoms with van der Waals surface area (Å²) >= 11 is 5.76. The zero-order valence-corrected chi connectivity index (χ0v) is 14.6. The molecule has 4 nitrogen and oxygen atoms in total. The van der Waals surface area contributed by atoms with E-state index in [2.05, 4.69) is 0 Å². The van der Waals surface area contributed by atoms with Crippen molar-refractivity contribution >= 4 is 27.5 Å². The summed E-state index contributed by atoms with van der Waals surface area (Å²) in [5.74, 6) is 0.600. The molecule has 0 N–H and O–H groups in total. The van der Waals surface area contributed by atoms with Crippen molar-refractivity contribution in [2.45, 2.75) is 11.1 Å². The number of hydrogen-bond donors (Lipinski definition) is 0. The van der Waals surface area contributed by atoms with Gasteiger partial charge in [-0.05, 0) is 30.3 Å². The van der Waals surface area contributed by atoms with E-state index in [9.17, 15) is 26.4 Å². The summed E-state index contributed by atoms with van der Waals surface area (Å²) in [6, 6.07) is 8.84. The van der Waals surface area contributed by atoms with Crippen molar-refractivity contribution < 1.29 is 26.4 Å². The van der Waals surface area contributed by atoms with Gasteiger partial charge in [-0.2, -0.15) is 13.2 Å². The molecule has 0 aromatic heterocycles. The molecule has 0 fully saturated rings. The van der Waals surface area contributed by atoms with Crippen LogP contribution in [0.25, 0.3) is 0 Å². The standard InChI is InChI=1S/C17H11ClF3NO3S/c1-2-10-22(26(24,25)13-7-5-6-12(18)11-13)16(23)14-8-3-4-9-15(14)17(19,20)21/h1,3-9,11H,10H2. The molecule has 1 amide bonds. The summed E-state index contributed by atoms with van der Waals surface area (Å²) in [7, 11) is -4.51. The van der Waals surface area contributed by atoms with Crippen LogP contribution in [-0.2, 0) is 16.2 Å². The highest BCUT2D eigenvalue weighted by Crippen LogP contribution is 2.33. The van der Waals surface area contributed by atoms with Crippen molar-refractivity contribution in [3.8, 4) is 12.3 Å². The van der Waals surface area contributed by atoms with Crippen molar-refractivity contribution in [2.75, 3.05) is 6.54 Å². The highest BCUT2D eigenvalue weighted by Gasteiger charge is 2.38. The van der Waals surface area contributed by atoms with Crippen LogP contribution in [0, 0.1) is 12.3 Å². The van der Waals surface area contributed by atoms with E-state index in [1.165, 1.54) is 18.2 Å². The minimum Gasteiger partial charge on any atom is -0.268 e. The molecule has 2 aromatic carbocycles. The Morgan fingerprint density at radius 3 is 2.38 bits per heavy atom. The summed E-state index contributed by atoms with van der Waals surface area (Å²) in [6.45, 7) is -0.736. The Kier molecular flexibility index (Phi) is 5.64. The summed E-state index contributed by atoms with van der Waals surface area (Å²) in [6.07, 6.45) is 0.278. The maximum absolute atomic E-state index is 13.2. The fourth-order valence-corrected chi connectivity index (χ4v) is 3.75. The number of rotatable bonds is 4. The van der Waals surface area contributed by atoms with Crippen LogP contribution in [0.5, 0.6) is 0 Å². The topological polar surface area (TPSA) is 54.5 Å². The van der Waals surface area contributed by atoms with E-state index in [0.29, 0.717) is 6.07 Å². The highest BCUT2D eigenvalue weighted by atomic mass is 35.5. The van der Waals surface area contributed by atoms with E-state index >= 15 is 0 Å². The van der Waals surface area contributed by atoms with Gasteiger partial charge < -0.3 is 0 Å². The van der Waals surface area contributed by atoms with Crippen molar-refractivity contribution in [1.82, 2.24) is 4.31 Å². The third-order valence-electron chi connectivity index (χ3n) is 3.31. The predicted molar refractivity (Wildman–Crippen MR) is 90.0 cm³/mol. The molecular weight excluding hydrogens is 391 g/mol. The van der Waals surface area contributed by atoms with Gasteiger partial charge in [-0.1, -0.05) is 35.7 Å². The number of alkyl halides is 3. The van der Waals surface area contributed by atoms with Crippen LogP contribution in [0.3, 0.4) is 0 Å². The van der Waals surface area contributed by atoms with Crippen LogP contribution in [-0.4, -0.2) is 25.2 Å². The van der Waals surface area contributed by atoms with Gasteiger partial charge in [0.05, 0.1) is 22.6 Å². The van der Waals surface area contributed by atoms with Crippen LogP contribution in [0.1, 0.15) is 15.9 Å². The molecule has 0 bridgehead atoms. The van der Waals surface area contributed by atoms with Gasteiger partial charge in [-0.15, -0.1) is 6.42 Å². The maximum Gasteiger partial charge on any atom is 0.417 e. The molecule has 0 aliphatic rings. The van der Waals surface area contributed by atoms with Gasteiger partial charge in [0.15, 0.2) is 0 Å². The number of benzene rings is 2. The Bertz CT molecular complexity index is 981. The van der Waals surface area contributed by atoms with Crippen molar-refractivity contribution in [1.29, 1.82) is 0 Å². The third kappa shape index (κ3) is 4.00. The van der Waals surface area contributed by atoms with E-state index < -0.39 is 39.8 Å². The summed E-state index contributed by atoms with van der Waals surface area (Å²) in [4.78, 5) is 12.3. The third-order valence-corrected chi connectivity index (χ3v) is 5.27. The number of hydrogen-bond acceptors (Lipinski definition) is 3. The first-order valence-electron chi connectivity index (χ1n) is 7.01. The van der Waals surface area contributed by atoms with E-state index in [1.54, 1.807) is 0 Å². The second kappa shape index (κ2) is 7.40. The molecule has 0 aliphatic carbocycles. The molecule has 0 aliphatic heterocycles. The predicted octanol–water partition coefficient (Wildman–Crippen LogP) is 3.82. The molecule has 9 heteroatoms. The van der Waals surface area contributed by atoms with Gasteiger partial charge in [0.2, 0.25) is 0 Å². The van der Waals surface area contributed by atoms with Crippen LogP contribution < -0.4 is 0 Å². The number of sulfonamides is 1. The zero-order valence-electron chi connectivity index (χ0n) is 13.0. The van der Waals surface area contributed by atoms with Gasteiger partial charge in [-0.3, -0.25) is 4.79 Å². The zero-order chi connectivity index (χ0) is 19.5. The SMILES string of the molecule is C#CCN(C(=O)c1ccccc1C(F)(F)F)S(=O)(=O)c1cccc(Cl)c1. The Morgan fingerprint density at radius 1 is 1.15 bits per heavy atom. The Hall–Kier alpha value is -2.50. The Balaban J connectivity index is 2.59. The molecule has 136 valence electrons. The lowest BCUT2D eigenvalue weighted by Crippen LogP contribution is -2.38. The van der Waals surface area contributed by atoms with E-state index in [4.69, 9.17) is 18.0 Å². The van der Waals surface area contributed by atoms with Crippen molar-refractivity contribution in [2.24, 2.45) is 0 Å². The lowest BCUT2D eigenvalue weighted by atomic mass is 10.1. The van der Waals surface area contributed by atoms with E-state index in [0.717, 1.165) is 24.3 Å². The fraction of sp³-hybridized carbons (Fsp3) is 0.118. The summed E-state index contributed by atoms with van der Waals surface area (Å²) in [5.41, 5.74) is -2.07. The second-order valence-corrected chi connectivity index (χ2v) is 7.32. The largest absolute Gasteiger partial charge is 0.417 e. The molecule has 0 saturated carbocycles. The maximum atomic E-state index is 13.2. The number of amides is 1. The lowest BCUT2D eigenvalue weighted by Gasteiger charge is -2.22. The van der Waals surface area contributed by atoms with E-state index in [-0.39, 0.29) is 14.2 Å². The fourth-order valence-electron chi connectivity index (χ4n) is 2.15. The Labute approximate surface area is 153 Å². The molecular formula is C17H11ClF3NO3S. The highest BCUT2D eigenvalue weighted by molar-refractivity contribution is 7.89. The molecule has 26 heavy (non-hydrogen) atoms. The van der Waals surface area contributed by atoms with E-state index in [1.807, 2.05) is 5.92 Å². The first-order valence-corrected chi connectivity index (χ1v) is 8.83. The average molecular weight is 402 g/mol. The van der Waals surface area contributed by atoms with Gasteiger partial charge in [0, 0.05) is 5.02 Å². The van der Waals surface area contributed by atoms with Crippen LogP contribution in [0.4, 0.5) is 13.2 Å². The van der Waals surface area contributed by atoms with Crippen molar-refractivity contribution in [3.63, 3.8) is 0 Å². The number of halogens is 4. The number of terminal acetylenes is 1. The van der Waals surface area contributed by atoms with Crippen LogP contribution in [0.2, 0.25) is 5.02 Å². The molecule has 2 aromatic rings. The summed E-state index contributed by atoms with van der Waals surface area (Å²) < 4.78 is 65.1. The van der Waals surface area contributed by atoms with Crippen LogP contribution in [0.15, 0.2) is 53.4 Å². The smallest absolute Gasteiger partial charge is 0.268 e. The molecule has 0 unspecified atom stereocenters. The average Bonchev–Trinajstić information content (AvgIpc) is 2.58. The molecule has 0 atom stereocenters. The minimum atomic E-state index is -4.84. The monoisotopic (exact) mass is 401 g/mol. The molecule has 0 saturated heterocycles. The first-order chi connectivity index (χ1) is 12.1. The van der Waals surface area contributed by atoms with Gasteiger partial charge in [-0.25, -0.2) is 12.7 Å². The number of carbonyl (C=O) groups is 1. The normalized spacial score (nSPS) is 11.7. The first kappa shape index (κ1) is 19.8. The lowest BCUT2D eigenvalue weighted by molar-refractivity contribution is -0.138. The summed E-state index contributed by atoms with van der Waals surface area (Å²) in [5, 5.41) is 0.0786. The second-order valence-electron chi connectivity index (χ2n) is 5.02. The van der Waals surface area contributed by atoms with Crippen LogP contribution >= 0.6 is 11.6 Å². The minimum absolute atomic E-state index is 0.0786. The number of carbonyl (C=O) groups excluding carboxylic acids is 1. The number of nitrogens with zero attached hydrogens (tertiary/aromatic N) is 1. The molecule has 0 heterocycles. The molecule has 0 spiro atoms.